The summed E-state index contributed by atoms with van der Waals surface area (Å²) < 4.78 is 68.7. The third kappa shape index (κ3) is 7.41. The largest absolute Gasteiger partial charge is 0.416 e. The fraction of sp³-hybridized carbons (Fsp3) is 0.310. The molecule has 3 aromatic carbocycles. The number of carbonyl (C=O) groups is 2. The predicted molar refractivity (Wildman–Crippen MR) is 147 cm³/mol. The molecule has 3 aromatic rings. The first kappa shape index (κ1) is 30.7. The van der Waals surface area contributed by atoms with E-state index in [1.165, 1.54) is 35.2 Å². The van der Waals surface area contributed by atoms with Gasteiger partial charge >= 0.3 is 6.18 Å². The molecule has 1 unspecified atom stereocenters. The number of benzene rings is 3. The summed E-state index contributed by atoms with van der Waals surface area (Å²) in [6.07, 6.45) is -4.50. The first-order valence-electron chi connectivity index (χ1n) is 12.8. The molecule has 0 aliphatic heterocycles. The van der Waals surface area contributed by atoms with E-state index >= 15 is 0 Å². The Balaban J connectivity index is 2.10. The lowest BCUT2D eigenvalue weighted by Gasteiger charge is -2.33. The van der Waals surface area contributed by atoms with Crippen LogP contribution in [-0.2, 0) is 32.3 Å². The first-order chi connectivity index (χ1) is 18.9. The molecule has 214 valence electrons. The van der Waals surface area contributed by atoms with Gasteiger partial charge in [-0.2, -0.15) is 13.2 Å². The van der Waals surface area contributed by atoms with Crippen LogP contribution in [0.5, 0.6) is 0 Å². The SMILES string of the molecule is CCNC(=O)C(CC)N(Cc1ccc(C)cc1)C(=O)CN(c1cccc(C(F)(F)F)c1)S(=O)(=O)c1ccccc1. The van der Waals surface area contributed by atoms with Crippen LogP contribution >= 0.6 is 0 Å². The summed E-state index contributed by atoms with van der Waals surface area (Å²) >= 11 is 0. The van der Waals surface area contributed by atoms with Crippen molar-refractivity contribution in [3.05, 3.63) is 95.6 Å². The van der Waals surface area contributed by atoms with Gasteiger partial charge in [-0.3, -0.25) is 13.9 Å². The highest BCUT2D eigenvalue weighted by atomic mass is 32.2. The summed E-state index contributed by atoms with van der Waals surface area (Å²) in [5.41, 5.74) is 0.310. The van der Waals surface area contributed by atoms with E-state index < -0.39 is 46.2 Å². The van der Waals surface area contributed by atoms with E-state index in [2.05, 4.69) is 5.32 Å². The minimum Gasteiger partial charge on any atom is -0.355 e. The normalized spacial score (nSPS) is 12.4. The van der Waals surface area contributed by atoms with Crippen LogP contribution in [0.4, 0.5) is 18.9 Å². The fourth-order valence-corrected chi connectivity index (χ4v) is 5.61. The van der Waals surface area contributed by atoms with Crippen LogP contribution in [-0.4, -0.2) is 44.3 Å². The second-order valence-corrected chi connectivity index (χ2v) is 11.1. The Morgan fingerprint density at radius 1 is 0.925 bits per heavy atom. The van der Waals surface area contributed by atoms with Crippen LogP contribution in [0.2, 0.25) is 0 Å². The van der Waals surface area contributed by atoms with Crippen molar-refractivity contribution in [1.29, 1.82) is 0 Å². The number of carbonyl (C=O) groups excluding carboxylic acids is 2. The fourth-order valence-electron chi connectivity index (χ4n) is 4.19. The number of anilines is 1. The standard InChI is InChI=1S/C29H32F3N3O4S/c1-4-26(28(37)33-5-2)34(19-22-16-14-21(3)15-17-22)27(36)20-35(40(38,39)25-12-7-6-8-13-25)24-11-9-10-23(18-24)29(30,31)32/h6-18,26H,4-5,19-20H2,1-3H3,(H,33,37). The molecule has 0 aliphatic carbocycles. The maximum atomic E-state index is 13.9. The zero-order chi connectivity index (χ0) is 29.5. The van der Waals surface area contributed by atoms with Crippen molar-refractivity contribution >= 4 is 27.5 Å². The summed E-state index contributed by atoms with van der Waals surface area (Å²) in [7, 11) is -4.47. The van der Waals surface area contributed by atoms with Gasteiger partial charge in [0.2, 0.25) is 11.8 Å². The lowest BCUT2D eigenvalue weighted by atomic mass is 10.1. The molecule has 1 atom stereocenters. The number of nitrogens with zero attached hydrogens (tertiary/aromatic N) is 2. The van der Waals surface area contributed by atoms with Crippen molar-refractivity contribution in [3.63, 3.8) is 0 Å². The Labute approximate surface area is 232 Å². The lowest BCUT2D eigenvalue weighted by Crippen LogP contribution is -2.52. The number of nitrogens with one attached hydrogen (secondary N) is 1. The van der Waals surface area contributed by atoms with Gasteiger partial charge in [-0.05, 0) is 56.2 Å². The minimum absolute atomic E-state index is 0.00340. The van der Waals surface area contributed by atoms with Crippen LogP contribution in [0.15, 0.2) is 83.8 Å². The summed E-state index contributed by atoms with van der Waals surface area (Å²) in [5.74, 6) is -1.16. The molecule has 3 rings (SSSR count). The maximum Gasteiger partial charge on any atom is 0.416 e. The van der Waals surface area contributed by atoms with Crippen LogP contribution < -0.4 is 9.62 Å². The Morgan fingerprint density at radius 2 is 1.57 bits per heavy atom. The number of aryl methyl sites for hydroxylation is 1. The van der Waals surface area contributed by atoms with E-state index in [1.807, 2.05) is 19.1 Å². The molecule has 0 spiro atoms. The number of hydrogen-bond donors (Lipinski definition) is 1. The van der Waals surface area contributed by atoms with Crippen molar-refractivity contribution in [2.45, 2.75) is 50.9 Å². The van der Waals surface area contributed by atoms with Crippen LogP contribution in [0.3, 0.4) is 0 Å². The topological polar surface area (TPSA) is 86.8 Å². The number of hydrogen-bond acceptors (Lipinski definition) is 4. The van der Waals surface area contributed by atoms with Gasteiger partial charge in [0, 0.05) is 13.1 Å². The van der Waals surface area contributed by atoms with E-state index in [0.717, 1.165) is 17.7 Å². The number of likely N-dealkylation sites (N-methyl/N-ethyl adjacent to an activating group) is 1. The third-order valence-electron chi connectivity index (χ3n) is 6.28. The highest BCUT2D eigenvalue weighted by Gasteiger charge is 2.35. The molecule has 0 aliphatic rings. The molecule has 0 heterocycles. The summed E-state index contributed by atoms with van der Waals surface area (Å²) in [5, 5.41) is 2.70. The molecule has 11 heteroatoms. The van der Waals surface area contributed by atoms with Gasteiger partial charge in [0.1, 0.15) is 12.6 Å². The second-order valence-electron chi connectivity index (χ2n) is 9.20. The van der Waals surface area contributed by atoms with E-state index in [4.69, 9.17) is 0 Å². The molecule has 0 aromatic heterocycles. The Morgan fingerprint density at radius 3 is 2.15 bits per heavy atom. The monoisotopic (exact) mass is 575 g/mol. The zero-order valence-corrected chi connectivity index (χ0v) is 23.3. The minimum atomic E-state index is -4.73. The molecule has 7 nitrogen and oxygen atoms in total. The number of amides is 2. The van der Waals surface area contributed by atoms with Crippen LogP contribution in [0.1, 0.15) is 37.0 Å². The number of rotatable bonds is 11. The van der Waals surface area contributed by atoms with Crippen molar-refractivity contribution in [1.82, 2.24) is 10.2 Å². The number of alkyl halides is 3. The third-order valence-corrected chi connectivity index (χ3v) is 8.07. The van der Waals surface area contributed by atoms with E-state index in [0.29, 0.717) is 22.5 Å². The summed E-state index contributed by atoms with van der Waals surface area (Å²) in [4.78, 5) is 27.9. The second kappa shape index (κ2) is 13.0. The maximum absolute atomic E-state index is 13.9. The summed E-state index contributed by atoms with van der Waals surface area (Å²) in [6.45, 7) is 4.86. The molecular weight excluding hydrogens is 543 g/mol. The first-order valence-corrected chi connectivity index (χ1v) is 14.2. The van der Waals surface area contributed by atoms with E-state index in [-0.39, 0.29) is 23.5 Å². The molecule has 1 N–H and O–H groups in total. The molecular formula is C29H32F3N3O4S. The quantitative estimate of drug-likeness (QED) is 0.343. The van der Waals surface area contributed by atoms with Gasteiger partial charge in [0.25, 0.3) is 10.0 Å². The van der Waals surface area contributed by atoms with Crippen molar-refractivity contribution in [2.24, 2.45) is 0 Å². The summed E-state index contributed by atoms with van der Waals surface area (Å²) in [6, 6.07) is 17.3. The Bertz CT molecular complexity index is 1410. The van der Waals surface area contributed by atoms with Crippen LogP contribution in [0.25, 0.3) is 0 Å². The van der Waals surface area contributed by atoms with E-state index in [9.17, 15) is 31.2 Å². The van der Waals surface area contributed by atoms with Gasteiger partial charge in [0.05, 0.1) is 16.1 Å². The molecule has 0 fully saturated rings. The van der Waals surface area contributed by atoms with Gasteiger partial charge in [-0.25, -0.2) is 8.42 Å². The van der Waals surface area contributed by atoms with Crippen LogP contribution in [0, 0.1) is 6.92 Å². The van der Waals surface area contributed by atoms with Gasteiger partial charge in [-0.1, -0.05) is 61.0 Å². The Hall–Kier alpha value is -3.86. The molecule has 0 radical (unpaired) electrons. The predicted octanol–water partition coefficient (Wildman–Crippen LogP) is 5.15. The molecule has 2 amide bonds. The van der Waals surface area contributed by atoms with Crippen molar-refractivity contribution in [2.75, 3.05) is 17.4 Å². The van der Waals surface area contributed by atoms with Gasteiger partial charge in [-0.15, -0.1) is 0 Å². The molecule has 0 bridgehead atoms. The smallest absolute Gasteiger partial charge is 0.355 e. The van der Waals surface area contributed by atoms with Crippen molar-refractivity contribution < 1.29 is 31.2 Å². The van der Waals surface area contributed by atoms with Crippen molar-refractivity contribution in [3.8, 4) is 0 Å². The molecule has 40 heavy (non-hydrogen) atoms. The van der Waals surface area contributed by atoms with Gasteiger partial charge < -0.3 is 10.2 Å². The lowest BCUT2D eigenvalue weighted by molar-refractivity contribution is -0.140. The highest BCUT2D eigenvalue weighted by molar-refractivity contribution is 7.92. The van der Waals surface area contributed by atoms with E-state index in [1.54, 1.807) is 32.0 Å². The Kier molecular flexibility index (Phi) is 9.97. The highest BCUT2D eigenvalue weighted by Crippen LogP contribution is 2.33. The molecule has 0 saturated carbocycles. The number of sulfonamides is 1. The molecule has 0 saturated heterocycles. The van der Waals surface area contributed by atoms with Gasteiger partial charge in [0.15, 0.2) is 0 Å². The average molecular weight is 576 g/mol. The zero-order valence-electron chi connectivity index (χ0n) is 22.5. The number of halogens is 3. The average Bonchev–Trinajstić information content (AvgIpc) is 2.92.